The van der Waals surface area contributed by atoms with Crippen LogP contribution in [0.15, 0.2) is 81.7 Å². The number of hydrogen-bond acceptors (Lipinski definition) is 13. The van der Waals surface area contributed by atoms with Gasteiger partial charge < -0.3 is 82.4 Å². The van der Waals surface area contributed by atoms with E-state index < -0.39 is 0 Å². The minimum atomic E-state index is -0.344. The maximum absolute atomic E-state index is 14.0. The van der Waals surface area contributed by atoms with Crippen LogP contribution < -0.4 is 53.9 Å². The lowest BCUT2D eigenvalue weighted by Gasteiger charge is -2.19. The summed E-state index contributed by atoms with van der Waals surface area (Å²) >= 11 is 0. The molecule has 20 heteroatoms. The van der Waals surface area contributed by atoms with Gasteiger partial charge in [0.1, 0.15) is 19.8 Å². The van der Waals surface area contributed by atoms with Crippen LogP contribution in [-0.4, -0.2) is 143 Å². The first-order valence-electron chi connectivity index (χ1n) is 21.3. The van der Waals surface area contributed by atoms with Crippen LogP contribution in [0.1, 0.15) is 15.9 Å². The van der Waals surface area contributed by atoms with Crippen LogP contribution in [0.2, 0.25) is 0 Å². The Labute approximate surface area is 377 Å². The van der Waals surface area contributed by atoms with E-state index in [1.54, 1.807) is 12.1 Å². The molecule has 20 nitrogen and oxygen atoms in total. The third-order valence-corrected chi connectivity index (χ3v) is 9.49. The van der Waals surface area contributed by atoms with Gasteiger partial charge in [-0.05, 0) is 50.0 Å². The van der Waals surface area contributed by atoms with Gasteiger partial charge in [0.15, 0.2) is 29.4 Å². The molecule has 0 fully saturated rings. The normalized spacial score (nSPS) is 11.2. The first-order valence-corrected chi connectivity index (χ1v) is 21.3. The lowest BCUT2D eigenvalue weighted by molar-refractivity contribution is 0.0332. The number of hydrogen-bond donors (Lipinski definition) is 7. The van der Waals surface area contributed by atoms with Gasteiger partial charge in [0.05, 0.1) is 98.9 Å². The number of nitrogens with zero attached hydrogens (tertiary/aromatic N) is 3. The van der Waals surface area contributed by atoms with Crippen molar-refractivity contribution in [2.24, 2.45) is 49.4 Å². The van der Waals surface area contributed by atoms with Gasteiger partial charge in [-0.1, -0.05) is 54.6 Å². The first-order chi connectivity index (χ1) is 31.7. The second-order valence-electron chi connectivity index (χ2n) is 14.2. The number of carbonyl (C=O) groups excluding carboxylic acids is 1. The van der Waals surface area contributed by atoms with Crippen molar-refractivity contribution in [2.45, 2.75) is 6.54 Å². The van der Waals surface area contributed by atoms with Crippen LogP contribution in [-0.2, 0) is 35.0 Å². The molecule has 0 atom stereocenters. The number of aliphatic imine (C=N–C) groups is 3. The molecule has 0 radical (unpaired) electrons. The highest BCUT2D eigenvalue weighted by Crippen LogP contribution is 2.40. The van der Waals surface area contributed by atoms with E-state index in [-0.39, 0.29) is 87.2 Å². The quantitative estimate of drug-likeness (QED) is 0.0136. The number of nitrogens with one attached hydrogen (secondary N) is 1. The van der Waals surface area contributed by atoms with Gasteiger partial charge in [0, 0.05) is 12.1 Å². The van der Waals surface area contributed by atoms with Crippen molar-refractivity contribution < 1.29 is 47.4 Å². The molecular weight excluding hydrogens is 841 g/mol. The summed E-state index contributed by atoms with van der Waals surface area (Å²) in [5.74, 6) is 0.485. The van der Waals surface area contributed by atoms with Crippen LogP contribution in [0.4, 0.5) is 0 Å². The van der Waals surface area contributed by atoms with Gasteiger partial charge in [-0.3, -0.25) is 19.8 Å². The van der Waals surface area contributed by atoms with E-state index in [9.17, 15) is 4.79 Å². The molecule has 5 aromatic carbocycles. The van der Waals surface area contributed by atoms with Gasteiger partial charge in [-0.15, -0.1) is 0 Å². The Hall–Kier alpha value is -6.42. The van der Waals surface area contributed by atoms with Crippen LogP contribution >= 0.6 is 0 Å². The molecule has 0 heterocycles. The van der Waals surface area contributed by atoms with Crippen molar-refractivity contribution in [1.82, 2.24) is 5.32 Å². The minimum Gasteiger partial charge on any atom is -0.487 e. The summed E-state index contributed by atoms with van der Waals surface area (Å²) in [5, 5.41) is 10.0. The van der Waals surface area contributed by atoms with E-state index in [0.29, 0.717) is 84.7 Å². The van der Waals surface area contributed by atoms with E-state index in [4.69, 9.17) is 77.0 Å². The Balaban J connectivity index is 1.27. The number of ether oxygens (including phenoxy) is 9. The highest BCUT2D eigenvalue weighted by atomic mass is 16.6. The summed E-state index contributed by atoms with van der Waals surface area (Å²) in [4.78, 5) is 25.7. The van der Waals surface area contributed by atoms with Gasteiger partial charge >= 0.3 is 0 Å². The largest absolute Gasteiger partial charge is 0.487 e. The monoisotopic (exact) mass is 902 g/mol. The summed E-state index contributed by atoms with van der Waals surface area (Å²) in [5.41, 5.74) is 33.4. The molecule has 65 heavy (non-hydrogen) atoms. The van der Waals surface area contributed by atoms with E-state index in [1.807, 2.05) is 6.07 Å². The first kappa shape index (κ1) is 49.6. The number of benzene rings is 5. The third kappa shape index (κ3) is 16.9. The molecule has 0 spiro atoms. The zero-order valence-electron chi connectivity index (χ0n) is 36.7. The molecule has 0 aliphatic rings. The summed E-state index contributed by atoms with van der Waals surface area (Å²) in [6.07, 6.45) is 0. The van der Waals surface area contributed by atoms with Gasteiger partial charge in [0.2, 0.25) is 5.75 Å². The fourth-order valence-electron chi connectivity index (χ4n) is 6.60. The molecular formula is C45H62N10O10. The van der Waals surface area contributed by atoms with Crippen molar-refractivity contribution in [2.75, 3.05) is 119 Å². The van der Waals surface area contributed by atoms with E-state index in [2.05, 4.69) is 68.8 Å². The Morgan fingerprint density at radius 2 is 0.862 bits per heavy atom. The maximum atomic E-state index is 14.0. The molecule has 5 rings (SSSR count). The number of guanidine groups is 3. The Morgan fingerprint density at radius 3 is 1.34 bits per heavy atom. The van der Waals surface area contributed by atoms with Crippen molar-refractivity contribution in [3.05, 3.63) is 77.9 Å². The molecule has 352 valence electrons. The SMILES string of the molecule is NC(N)=NCCOCCOCCOc1cc(C(=O)NCc2ccc3ccc4cccc5ccc2c3c45)cc(OCCOCCOCCN=C(N)N)c1OCCOCCOCCN=C(N)N. The predicted molar refractivity (Wildman–Crippen MR) is 251 cm³/mol. The van der Waals surface area contributed by atoms with Crippen molar-refractivity contribution >= 4 is 56.1 Å². The molecule has 0 aliphatic heterocycles. The number of nitrogens with two attached hydrogens (primary N) is 6. The second-order valence-corrected chi connectivity index (χ2v) is 14.2. The van der Waals surface area contributed by atoms with Crippen molar-refractivity contribution in [3.63, 3.8) is 0 Å². The topological polar surface area (TPSA) is 305 Å². The number of amides is 1. The summed E-state index contributed by atoms with van der Waals surface area (Å²) in [6.45, 7) is 5.34. The Morgan fingerprint density at radius 1 is 0.462 bits per heavy atom. The lowest BCUT2D eigenvalue weighted by Crippen LogP contribution is -2.23. The van der Waals surface area contributed by atoms with Crippen LogP contribution in [0.25, 0.3) is 32.3 Å². The van der Waals surface area contributed by atoms with E-state index >= 15 is 0 Å². The fraction of sp³-hybridized carbons (Fsp3) is 0.422. The zero-order chi connectivity index (χ0) is 46.1. The molecule has 0 saturated carbocycles. The standard InChI is InChI=1S/C45H62N10O10/c46-43(47)52-10-13-57-16-19-60-22-25-63-37-28-35(42(56)55-30-34-7-6-33-5-4-31-2-1-3-32-8-9-36(34)40(33)39(31)32)29-38(64-26-23-61-20-17-58-14-11-53-44(48)49)41(37)65-27-24-62-21-18-59-15-12-54-45(50)51/h1-9,28-29H,10-27,30H2,(H,55,56)(H4,46,47,52)(H4,48,49,53)(H4,50,51,54). The summed E-state index contributed by atoms with van der Waals surface area (Å²) in [6, 6.07) is 22.2. The fourth-order valence-corrected chi connectivity index (χ4v) is 6.60. The lowest BCUT2D eigenvalue weighted by atomic mass is 9.92. The summed E-state index contributed by atoms with van der Waals surface area (Å²) < 4.78 is 52.4. The minimum absolute atomic E-state index is 0.00516. The zero-order valence-corrected chi connectivity index (χ0v) is 36.7. The molecule has 0 bridgehead atoms. The van der Waals surface area contributed by atoms with E-state index in [0.717, 1.165) is 27.1 Å². The van der Waals surface area contributed by atoms with Crippen molar-refractivity contribution in [3.8, 4) is 17.2 Å². The average molecular weight is 903 g/mol. The van der Waals surface area contributed by atoms with Crippen LogP contribution in [0.5, 0.6) is 17.2 Å². The van der Waals surface area contributed by atoms with Gasteiger partial charge in [-0.25, -0.2) is 0 Å². The predicted octanol–water partition coefficient (Wildman–Crippen LogP) is 1.57. The van der Waals surface area contributed by atoms with Gasteiger partial charge in [0.25, 0.3) is 5.91 Å². The van der Waals surface area contributed by atoms with Crippen molar-refractivity contribution in [1.29, 1.82) is 0 Å². The van der Waals surface area contributed by atoms with Gasteiger partial charge in [-0.2, -0.15) is 0 Å². The molecule has 13 N–H and O–H groups in total. The van der Waals surface area contributed by atoms with E-state index in [1.165, 1.54) is 10.8 Å². The molecule has 5 aromatic rings. The number of carbonyl (C=O) groups is 1. The van der Waals surface area contributed by atoms with Crippen LogP contribution in [0.3, 0.4) is 0 Å². The summed E-state index contributed by atoms with van der Waals surface area (Å²) in [7, 11) is 0. The Kier molecular flexibility index (Phi) is 21.1. The molecule has 0 aromatic heterocycles. The number of rotatable bonds is 33. The molecule has 0 unspecified atom stereocenters. The smallest absolute Gasteiger partial charge is 0.251 e. The Bertz CT molecular complexity index is 2230. The highest BCUT2D eigenvalue weighted by Gasteiger charge is 2.20. The van der Waals surface area contributed by atoms with Crippen LogP contribution in [0, 0.1) is 0 Å². The second kappa shape index (κ2) is 27.7. The molecule has 0 saturated heterocycles. The third-order valence-electron chi connectivity index (χ3n) is 9.49. The highest BCUT2D eigenvalue weighted by molar-refractivity contribution is 6.23. The molecule has 0 aliphatic carbocycles. The average Bonchev–Trinajstić information content (AvgIpc) is 3.29. The molecule has 1 amide bonds. The maximum Gasteiger partial charge on any atom is 0.251 e.